The lowest BCUT2D eigenvalue weighted by atomic mass is 10.0. The molecule has 0 fully saturated rings. The molecule has 3 aromatic rings. The van der Waals surface area contributed by atoms with E-state index in [9.17, 15) is 18.7 Å². The summed E-state index contributed by atoms with van der Waals surface area (Å²) < 4.78 is 33.2. The van der Waals surface area contributed by atoms with Crippen molar-refractivity contribution in [1.29, 1.82) is 0 Å². The molecule has 108 valence electrons. The topological polar surface area (TPSA) is 55.4 Å². The second-order valence-electron chi connectivity index (χ2n) is 4.70. The van der Waals surface area contributed by atoms with Gasteiger partial charge in [-0.25, -0.2) is 13.6 Å². The molecule has 0 spiro atoms. The number of nitrogens with zero attached hydrogens (tertiary/aromatic N) is 1. The predicted octanol–water partition coefficient (Wildman–Crippen LogP) is 2.49. The quantitative estimate of drug-likeness (QED) is 0.789. The van der Waals surface area contributed by atoms with Crippen molar-refractivity contribution < 1.29 is 18.3 Å². The lowest BCUT2D eigenvalue weighted by Crippen LogP contribution is -2.08. The molecule has 2 aromatic carbocycles. The summed E-state index contributed by atoms with van der Waals surface area (Å²) in [5.41, 5.74) is 0.959. The van der Waals surface area contributed by atoms with Crippen molar-refractivity contribution in [3.8, 4) is 0 Å². The van der Waals surface area contributed by atoms with Gasteiger partial charge in [0, 0.05) is 12.6 Å². The predicted molar refractivity (Wildman–Crippen MR) is 71.9 cm³/mol. The van der Waals surface area contributed by atoms with E-state index in [1.807, 2.05) is 0 Å². The Morgan fingerprint density at radius 2 is 2.00 bits per heavy atom. The highest BCUT2D eigenvalue weighted by Crippen LogP contribution is 2.27. The molecule has 1 aromatic heterocycles. The number of oxazole rings is 1. The Balaban J connectivity index is 2.11. The van der Waals surface area contributed by atoms with Crippen LogP contribution in [0.4, 0.5) is 8.78 Å². The average molecular weight is 291 g/mol. The fourth-order valence-corrected chi connectivity index (χ4v) is 2.23. The van der Waals surface area contributed by atoms with Gasteiger partial charge in [0.1, 0.15) is 6.10 Å². The van der Waals surface area contributed by atoms with E-state index in [2.05, 4.69) is 0 Å². The van der Waals surface area contributed by atoms with Crippen LogP contribution in [0, 0.1) is 11.6 Å². The SMILES string of the molecule is Cn1c(=O)oc2cc(C(O)c3cccc(F)c3F)ccc21. The average Bonchev–Trinajstić information content (AvgIpc) is 2.76. The van der Waals surface area contributed by atoms with Gasteiger partial charge in [0.05, 0.1) is 5.52 Å². The van der Waals surface area contributed by atoms with E-state index in [0.29, 0.717) is 11.1 Å². The lowest BCUT2D eigenvalue weighted by Gasteiger charge is -2.12. The number of aromatic nitrogens is 1. The van der Waals surface area contributed by atoms with Gasteiger partial charge in [0.25, 0.3) is 0 Å². The van der Waals surface area contributed by atoms with E-state index in [-0.39, 0.29) is 11.1 Å². The molecule has 0 amide bonds. The largest absolute Gasteiger partial charge is 0.419 e. The van der Waals surface area contributed by atoms with Crippen LogP contribution in [-0.4, -0.2) is 9.67 Å². The number of hydrogen-bond acceptors (Lipinski definition) is 3. The summed E-state index contributed by atoms with van der Waals surface area (Å²) in [6.07, 6.45) is -1.35. The summed E-state index contributed by atoms with van der Waals surface area (Å²) in [5.74, 6) is -2.66. The number of aryl methyl sites for hydroxylation is 1. The Hall–Kier alpha value is -2.47. The Kier molecular flexibility index (Phi) is 3.10. The lowest BCUT2D eigenvalue weighted by molar-refractivity contribution is 0.213. The van der Waals surface area contributed by atoms with Gasteiger partial charge >= 0.3 is 5.76 Å². The summed E-state index contributed by atoms with van der Waals surface area (Å²) in [5, 5.41) is 10.2. The summed E-state index contributed by atoms with van der Waals surface area (Å²) in [6, 6.07) is 8.14. The first-order valence-electron chi connectivity index (χ1n) is 6.20. The molecule has 0 aliphatic heterocycles. The minimum atomic E-state index is -1.35. The number of halogens is 2. The molecule has 1 unspecified atom stereocenters. The Morgan fingerprint density at radius 1 is 1.24 bits per heavy atom. The maximum atomic E-state index is 13.7. The molecule has 0 saturated heterocycles. The van der Waals surface area contributed by atoms with Gasteiger partial charge in [-0.3, -0.25) is 4.57 Å². The van der Waals surface area contributed by atoms with Gasteiger partial charge in [-0.05, 0) is 23.8 Å². The number of benzene rings is 2. The number of hydrogen-bond donors (Lipinski definition) is 1. The van der Waals surface area contributed by atoms with Crippen molar-refractivity contribution in [3.63, 3.8) is 0 Å². The van der Waals surface area contributed by atoms with Gasteiger partial charge in [-0.1, -0.05) is 18.2 Å². The van der Waals surface area contributed by atoms with Gasteiger partial charge in [0.2, 0.25) is 0 Å². The van der Waals surface area contributed by atoms with Crippen molar-refractivity contribution >= 4 is 11.1 Å². The molecule has 0 aliphatic carbocycles. The third kappa shape index (κ3) is 2.13. The minimum Gasteiger partial charge on any atom is -0.408 e. The van der Waals surface area contributed by atoms with Crippen LogP contribution in [0.2, 0.25) is 0 Å². The molecule has 0 radical (unpaired) electrons. The number of aliphatic hydroxyl groups excluding tert-OH is 1. The molecule has 3 rings (SSSR count). The molecule has 6 heteroatoms. The van der Waals surface area contributed by atoms with Crippen LogP contribution in [0.5, 0.6) is 0 Å². The standard InChI is InChI=1S/C15H11F2NO3/c1-18-11-6-5-8(7-12(11)21-15(18)20)14(19)9-3-2-4-10(16)13(9)17/h2-7,14,19H,1H3. The summed E-state index contributed by atoms with van der Waals surface area (Å²) in [6.45, 7) is 0. The third-order valence-electron chi connectivity index (χ3n) is 3.41. The highest BCUT2D eigenvalue weighted by Gasteiger charge is 2.19. The van der Waals surface area contributed by atoms with Crippen LogP contribution in [0.3, 0.4) is 0 Å². The normalized spacial score (nSPS) is 12.8. The van der Waals surface area contributed by atoms with E-state index < -0.39 is 23.5 Å². The van der Waals surface area contributed by atoms with Crippen LogP contribution >= 0.6 is 0 Å². The van der Waals surface area contributed by atoms with E-state index in [1.165, 1.54) is 28.8 Å². The van der Waals surface area contributed by atoms with Crippen LogP contribution < -0.4 is 5.76 Å². The molecule has 21 heavy (non-hydrogen) atoms. The Bertz CT molecular complexity index is 882. The van der Waals surface area contributed by atoms with Gasteiger partial charge in [-0.2, -0.15) is 0 Å². The monoisotopic (exact) mass is 291 g/mol. The Labute approximate surface area is 117 Å². The molecular weight excluding hydrogens is 280 g/mol. The zero-order valence-electron chi connectivity index (χ0n) is 11.0. The van der Waals surface area contributed by atoms with Crippen molar-refractivity contribution in [2.45, 2.75) is 6.10 Å². The smallest absolute Gasteiger partial charge is 0.408 e. The van der Waals surface area contributed by atoms with Crippen molar-refractivity contribution in [1.82, 2.24) is 4.57 Å². The molecule has 1 atom stereocenters. The summed E-state index contributed by atoms with van der Waals surface area (Å²) in [7, 11) is 1.55. The first kappa shape index (κ1) is 13.5. The van der Waals surface area contributed by atoms with Gasteiger partial charge < -0.3 is 9.52 Å². The zero-order valence-corrected chi connectivity index (χ0v) is 11.0. The first-order chi connectivity index (χ1) is 9.99. The third-order valence-corrected chi connectivity index (χ3v) is 3.41. The van der Waals surface area contributed by atoms with Gasteiger partial charge in [-0.15, -0.1) is 0 Å². The first-order valence-corrected chi connectivity index (χ1v) is 6.20. The molecule has 1 heterocycles. The van der Waals surface area contributed by atoms with Crippen LogP contribution in [0.25, 0.3) is 11.1 Å². The second kappa shape index (κ2) is 4.82. The Morgan fingerprint density at radius 3 is 2.76 bits per heavy atom. The fraction of sp³-hybridized carbons (Fsp3) is 0.133. The molecule has 0 bridgehead atoms. The van der Waals surface area contributed by atoms with Gasteiger partial charge in [0.15, 0.2) is 17.2 Å². The fourth-order valence-electron chi connectivity index (χ4n) is 2.23. The van der Waals surface area contributed by atoms with Crippen LogP contribution in [0.1, 0.15) is 17.2 Å². The molecule has 0 saturated carbocycles. The second-order valence-corrected chi connectivity index (χ2v) is 4.70. The van der Waals surface area contributed by atoms with E-state index in [0.717, 1.165) is 6.07 Å². The molecule has 1 N–H and O–H groups in total. The number of fused-ring (bicyclic) bond motifs is 1. The van der Waals surface area contributed by atoms with E-state index in [1.54, 1.807) is 13.1 Å². The van der Waals surface area contributed by atoms with E-state index in [4.69, 9.17) is 4.42 Å². The van der Waals surface area contributed by atoms with Crippen molar-refractivity contribution in [2.75, 3.05) is 0 Å². The maximum Gasteiger partial charge on any atom is 0.419 e. The van der Waals surface area contributed by atoms with Crippen LogP contribution in [0.15, 0.2) is 45.6 Å². The van der Waals surface area contributed by atoms with Crippen molar-refractivity contribution in [3.05, 3.63) is 69.7 Å². The highest BCUT2D eigenvalue weighted by atomic mass is 19.2. The summed E-state index contributed by atoms with van der Waals surface area (Å²) in [4.78, 5) is 11.4. The van der Waals surface area contributed by atoms with Crippen molar-refractivity contribution in [2.24, 2.45) is 7.05 Å². The zero-order chi connectivity index (χ0) is 15.1. The minimum absolute atomic E-state index is 0.173. The van der Waals surface area contributed by atoms with Crippen LogP contribution in [-0.2, 0) is 7.05 Å². The maximum absolute atomic E-state index is 13.7. The summed E-state index contributed by atoms with van der Waals surface area (Å²) >= 11 is 0. The molecule has 4 nitrogen and oxygen atoms in total. The van der Waals surface area contributed by atoms with E-state index >= 15 is 0 Å². The molecular formula is C15H11F2NO3. The highest BCUT2D eigenvalue weighted by molar-refractivity contribution is 5.74. The number of rotatable bonds is 2. The molecule has 0 aliphatic rings. The number of aliphatic hydroxyl groups is 1.